The minimum absolute atomic E-state index is 0.167. The Kier molecular flexibility index (Phi) is 16.6. The van der Waals surface area contributed by atoms with E-state index in [2.05, 4.69) is 12.1 Å². The molecule has 0 atom stereocenters. The number of unbranched alkanes of at least 4 members (excludes halogenated alkanes) is 2. The van der Waals surface area contributed by atoms with Crippen LogP contribution in [0.5, 0.6) is 11.5 Å². The van der Waals surface area contributed by atoms with Crippen molar-refractivity contribution in [3.05, 3.63) is 44.4 Å². The van der Waals surface area contributed by atoms with Gasteiger partial charge >= 0.3 is 0 Å². The van der Waals surface area contributed by atoms with Crippen LogP contribution in [0.3, 0.4) is 0 Å². The van der Waals surface area contributed by atoms with Gasteiger partial charge in [0, 0.05) is 19.2 Å². The number of nitrogens with zero attached hydrogens (tertiary/aromatic N) is 1. The molecular weight excluding hydrogens is 496 g/mol. The Bertz CT molecular complexity index is 746. The molecule has 5 nitrogen and oxygen atoms in total. The maximum atomic E-state index is 6.06. The van der Waals surface area contributed by atoms with Crippen molar-refractivity contribution >= 4 is 52.6 Å². The average Bonchev–Trinajstić information content (AvgIpc) is 2.74. The number of hydrogen-bond donors (Lipinski definition) is 0. The third-order valence-corrected chi connectivity index (χ3v) is 4.84. The molecule has 0 N–H and O–H groups in total. The highest BCUT2D eigenvalue weighted by molar-refractivity contribution is 6.56. The molecule has 0 fully saturated rings. The maximum Gasteiger partial charge on any atom is 0.138 e. The van der Waals surface area contributed by atoms with E-state index >= 15 is 0 Å². The van der Waals surface area contributed by atoms with E-state index < -0.39 is 0 Å². The molecular formula is C23H31Cl4NO4. The molecule has 1 rings (SSSR count). The van der Waals surface area contributed by atoms with Crippen molar-refractivity contribution in [1.29, 1.82) is 0 Å². The van der Waals surface area contributed by atoms with Crippen LogP contribution >= 0.6 is 46.4 Å². The van der Waals surface area contributed by atoms with Crippen molar-refractivity contribution < 1.29 is 19.0 Å². The lowest BCUT2D eigenvalue weighted by Gasteiger charge is -2.15. The predicted molar refractivity (Wildman–Crippen MR) is 135 cm³/mol. The van der Waals surface area contributed by atoms with Crippen LogP contribution in [0.25, 0.3) is 0 Å². The first-order valence-electron chi connectivity index (χ1n) is 10.6. The number of halogens is 4. The van der Waals surface area contributed by atoms with E-state index in [1.807, 2.05) is 19.1 Å². The summed E-state index contributed by atoms with van der Waals surface area (Å²) < 4.78 is 17.7. The first kappa shape index (κ1) is 28.9. The molecule has 180 valence electrons. The second kappa shape index (κ2) is 18.3. The quantitative estimate of drug-likeness (QED) is 0.119. The summed E-state index contributed by atoms with van der Waals surface area (Å²) in [5, 5.41) is 3.77. The van der Waals surface area contributed by atoms with Gasteiger partial charge in [0.25, 0.3) is 0 Å². The summed E-state index contributed by atoms with van der Waals surface area (Å²) in [7, 11) is 0. The van der Waals surface area contributed by atoms with Crippen LogP contribution in [-0.2, 0) is 16.0 Å². The van der Waals surface area contributed by atoms with Crippen molar-refractivity contribution in [3.63, 3.8) is 0 Å². The summed E-state index contributed by atoms with van der Waals surface area (Å²) in [6, 6.07) is 3.97. The number of hydrogen-bond acceptors (Lipinski definition) is 5. The zero-order valence-electron chi connectivity index (χ0n) is 18.5. The predicted octanol–water partition coefficient (Wildman–Crippen LogP) is 7.53. The molecule has 0 aliphatic carbocycles. The maximum absolute atomic E-state index is 6.06. The molecule has 1 aromatic rings. The summed E-state index contributed by atoms with van der Waals surface area (Å²) in [5.41, 5.74) is 2.17. The molecule has 1 aromatic carbocycles. The Morgan fingerprint density at radius 2 is 1.62 bits per heavy atom. The molecule has 0 saturated carbocycles. The van der Waals surface area contributed by atoms with E-state index in [1.54, 1.807) is 12.3 Å². The SMILES string of the molecule is CCc1cc(OCC=C(Cl)Cl)cc(C)c1OCCCCCOCC/C=N/OCC=C(Cl)Cl. The van der Waals surface area contributed by atoms with Gasteiger partial charge in [-0.25, -0.2) is 0 Å². The van der Waals surface area contributed by atoms with Crippen LogP contribution in [0.2, 0.25) is 0 Å². The van der Waals surface area contributed by atoms with Gasteiger partial charge in [-0.05, 0) is 68.0 Å². The lowest BCUT2D eigenvalue weighted by atomic mass is 10.1. The molecule has 0 saturated heterocycles. The topological polar surface area (TPSA) is 49.3 Å². The van der Waals surface area contributed by atoms with E-state index in [0.717, 1.165) is 48.3 Å². The molecule has 0 aliphatic rings. The molecule has 0 bridgehead atoms. The molecule has 0 aromatic heterocycles. The van der Waals surface area contributed by atoms with E-state index in [9.17, 15) is 0 Å². The van der Waals surface area contributed by atoms with Crippen LogP contribution < -0.4 is 9.47 Å². The van der Waals surface area contributed by atoms with Crippen LogP contribution in [-0.4, -0.2) is 39.2 Å². The van der Waals surface area contributed by atoms with Crippen molar-refractivity contribution in [2.24, 2.45) is 5.16 Å². The normalized spacial score (nSPS) is 10.8. The van der Waals surface area contributed by atoms with E-state index in [-0.39, 0.29) is 15.6 Å². The number of rotatable bonds is 17. The molecule has 0 heterocycles. The summed E-state index contributed by atoms with van der Waals surface area (Å²) >= 11 is 22.1. The fraction of sp³-hybridized carbons (Fsp3) is 0.522. The first-order valence-corrected chi connectivity index (χ1v) is 12.1. The monoisotopic (exact) mass is 525 g/mol. The summed E-state index contributed by atoms with van der Waals surface area (Å²) in [6.45, 7) is 6.69. The van der Waals surface area contributed by atoms with Crippen molar-refractivity contribution in [2.45, 2.75) is 46.0 Å². The van der Waals surface area contributed by atoms with Crippen LogP contribution in [0, 0.1) is 6.92 Å². The molecule has 0 spiro atoms. The fourth-order valence-electron chi connectivity index (χ4n) is 2.71. The summed E-state index contributed by atoms with van der Waals surface area (Å²) in [4.78, 5) is 4.95. The fourth-order valence-corrected chi connectivity index (χ4v) is 2.96. The second-order valence-electron chi connectivity index (χ2n) is 6.77. The largest absolute Gasteiger partial charge is 0.493 e. The summed E-state index contributed by atoms with van der Waals surface area (Å²) in [5.74, 6) is 1.72. The minimum Gasteiger partial charge on any atom is -0.493 e. The van der Waals surface area contributed by atoms with Gasteiger partial charge in [0.1, 0.15) is 33.7 Å². The molecule has 32 heavy (non-hydrogen) atoms. The van der Waals surface area contributed by atoms with Gasteiger partial charge in [-0.15, -0.1) is 0 Å². The second-order valence-corrected chi connectivity index (χ2v) is 8.79. The number of oxime groups is 1. The van der Waals surface area contributed by atoms with Gasteiger partial charge < -0.3 is 19.0 Å². The third-order valence-electron chi connectivity index (χ3n) is 4.23. The first-order chi connectivity index (χ1) is 15.4. The van der Waals surface area contributed by atoms with Crippen LogP contribution in [0.15, 0.2) is 38.4 Å². The van der Waals surface area contributed by atoms with E-state index in [1.165, 1.54) is 6.08 Å². The number of aryl methyl sites for hydroxylation is 2. The lowest BCUT2D eigenvalue weighted by Crippen LogP contribution is -2.04. The minimum atomic E-state index is 0.167. The Hall–Kier alpha value is -1.11. The van der Waals surface area contributed by atoms with Gasteiger partial charge in [0.2, 0.25) is 0 Å². The zero-order chi connectivity index (χ0) is 23.6. The molecule has 0 amide bonds. The van der Waals surface area contributed by atoms with E-state index in [0.29, 0.717) is 32.8 Å². The Balaban J connectivity index is 2.19. The van der Waals surface area contributed by atoms with Gasteiger partial charge in [0.15, 0.2) is 0 Å². The lowest BCUT2D eigenvalue weighted by molar-refractivity contribution is 0.134. The highest BCUT2D eigenvalue weighted by atomic mass is 35.5. The highest BCUT2D eigenvalue weighted by Gasteiger charge is 2.09. The van der Waals surface area contributed by atoms with Crippen LogP contribution in [0.1, 0.15) is 43.7 Å². The number of ether oxygens (including phenoxy) is 3. The average molecular weight is 527 g/mol. The van der Waals surface area contributed by atoms with Gasteiger partial charge in [-0.2, -0.15) is 0 Å². The third kappa shape index (κ3) is 14.1. The Labute approximate surface area is 211 Å². The van der Waals surface area contributed by atoms with Crippen LogP contribution in [0.4, 0.5) is 0 Å². The standard InChI is InChI=1S/C23H31Cl4NO4/c1-3-19-17-20(30-14-8-21(24)25)16-18(2)23(19)31-13-6-4-5-11-29-12-7-10-28-32-15-9-22(26)27/h8-10,16-17H,3-7,11-15H2,1-2H3/b28-10+. The van der Waals surface area contributed by atoms with Crippen molar-refractivity contribution in [2.75, 3.05) is 33.0 Å². The summed E-state index contributed by atoms with van der Waals surface area (Å²) in [6.07, 6.45) is 9.34. The van der Waals surface area contributed by atoms with Crippen molar-refractivity contribution in [1.82, 2.24) is 0 Å². The highest BCUT2D eigenvalue weighted by Crippen LogP contribution is 2.30. The molecule has 0 radical (unpaired) electrons. The Morgan fingerprint density at radius 1 is 0.906 bits per heavy atom. The van der Waals surface area contributed by atoms with E-state index in [4.69, 9.17) is 65.5 Å². The smallest absolute Gasteiger partial charge is 0.138 e. The van der Waals surface area contributed by atoms with Gasteiger partial charge in [0.05, 0.1) is 13.2 Å². The molecule has 0 aliphatic heterocycles. The zero-order valence-corrected chi connectivity index (χ0v) is 21.6. The van der Waals surface area contributed by atoms with Gasteiger partial charge in [-0.1, -0.05) is 58.5 Å². The molecule has 0 unspecified atom stereocenters. The Morgan fingerprint density at radius 3 is 2.34 bits per heavy atom. The van der Waals surface area contributed by atoms with Crippen molar-refractivity contribution in [3.8, 4) is 11.5 Å². The van der Waals surface area contributed by atoms with Gasteiger partial charge in [-0.3, -0.25) is 0 Å². The number of benzene rings is 1. The molecule has 9 heteroatoms.